The number of carboxylic acid groups (broad SMARTS) is 1. The van der Waals surface area contributed by atoms with Crippen molar-refractivity contribution in [3.8, 4) is 0 Å². The number of aliphatic carboxylic acids is 1. The van der Waals surface area contributed by atoms with E-state index >= 15 is 0 Å². The van der Waals surface area contributed by atoms with Gasteiger partial charge in [-0.15, -0.1) is 0 Å². The smallest absolute Gasteiger partial charge is 0.326 e. The van der Waals surface area contributed by atoms with E-state index in [4.69, 9.17) is 0 Å². The molecular weight excluding hydrogens is 272 g/mol. The Bertz CT molecular complexity index is 556. The summed E-state index contributed by atoms with van der Waals surface area (Å²) in [7, 11) is 0. The average Bonchev–Trinajstić information content (AvgIpc) is 3.10. The molecule has 7 heteroatoms. The van der Waals surface area contributed by atoms with E-state index in [9.17, 15) is 14.7 Å². The van der Waals surface area contributed by atoms with Crippen LogP contribution in [0.25, 0.3) is 0 Å². The topological polar surface area (TPSA) is 98.3 Å². The molecule has 1 aromatic rings. The first-order valence-electron chi connectivity index (χ1n) is 7.34. The first kappa shape index (κ1) is 13.9. The molecule has 21 heavy (non-hydrogen) atoms. The van der Waals surface area contributed by atoms with Crippen molar-refractivity contribution < 1.29 is 14.7 Å². The van der Waals surface area contributed by atoms with E-state index in [1.807, 2.05) is 6.92 Å². The summed E-state index contributed by atoms with van der Waals surface area (Å²) in [5.74, 6) is -0.435. The average molecular weight is 292 g/mol. The summed E-state index contributed by atoms with van der Waals surface area (Å²) in [6.45, 7) is 2.80. The number of hydrogen-bond donors (Lipinski definition) is 3. The molecule has 0 aromatic carbocycles. The van der Waals surface area contributed by atoms with Crippen molar-refractivity contribution in [2.75, 3.05) is 6.54 Å². The van der Waals surface area contributed by atoms with Crippen LogP contribution in [0.5, 0.6) is 0 Å². The van der Waals surface area contributed by atoms with Gasteiger partial charge in [-0.3, -0.25) is 5.10 Å². The van der Waals surface area contributed by atoms with E-state index in [1.54, 1.807) is 6.20 Å². The standard InChI is InChI=1S/C14H20N4O3/c1-8-10(6-16-17-8)5-15-14(21)18-7-9-3-2-4-11(9)12(18)13(19)20/h6,9,11-12H,2-5,7H2,1H3,(H,15,21)(H,16,17)(H,19,20). The van der Waals surface area contributed by atoms with Crippen LogP contribution >= 0.6 is 0 Å². The fraction of sp³-hybridized carbons (Fsp3) is 0.643. The van der Waals surface area contributed by atoms with Crippen molar-refractivity contribution in [3.63, 3.8) is 0 Å². The predicted molar refractivity (Wildman–Crippen MR) is 74.5 cm³/mol. The van der Waals surface area contributed by atoms with E-state index in [2.05, 4.69) is 15.5 Å². The lowest BCUT2D eigenvalue weighted by atomic mass is 9.94. The Hall–Kier alpha value is -2.05. The van der Waals surface area contributed by atoms with Gasteiger partial charge in [-0.05, 0) is 31.6 Å². The Morgan fingerprint density at radius 2 is 2.33 bits per heavy atom. The number of carbonyl (C=O) groups is 2. The summed E-state index contributed by atoms with van der Waals surface area (Å²) in [5.41, 5.74) is 1.82. The van der Waals surface area contributed by atoms with Crippen molar-refractivity contribution in [3.05, 3.63) is 17.5 Å². The number of H-pyrrole nitrogens is 1. The summed E-state index contributed by atoms with van der Waals surface area (Å²) in [6, 6.07) is -0.972. The highest BCUT2D eigenvalue weighted by Crippen LogP contribution is 2.42. The van der Waals surface area contributed by atoms with Crippen LogP contribution in [0.3, 0.4) is 0 Å². The zero-order valence-electron chi connectivity index (χ0n) is 12.0. The maximum Gasteiger partial charge on any atom is 0.326 e. The monoisotopic (exact) mass is 292 g/mol. The highest BCUT2D eigenvalue weighted by molar-refractivity contribution is 5.83. The van der Waals surface area contributed by atoms with Gasteiger partial charge >= 0.3 is 12.0 Å². The molecule has 7 nitrogen and oxygen atoms in total. The van der Waals surface area contributed by atoms with Crippen molar-refractivity contribution in [1.29, 1.82) is 0 Å². The van der Waals surface area contributed by atoms with Crippen LogP contribution in [-0.2, 0) is 11.3 Å². The maximum atomic E-state index is 12.3. The second-order valence-corrected chi connectivity index (χ2v) is 5.97. The first-order chi connectivity index (χ1) is 10.1. The van der Waals surface area contributed by atoms with Crippen molar-refractivity contribution in [2.24, 2.45) is 11.8 Å². The van der Waals surface area contributed by atoms with Gasteiger partial charge in [-0.1, -0.05) is 6.42 Å². The molecule has 3 unspecified atom stereocenters. The van der Waals surface area contributed by atoms with Gasteiger partial charge in [0.1, 0.15) is 6.04 Å². The molecule has 2 aliphatic rings. The lowest BCUT2D eigenvalue weighted by Gasteiger charge is -2.24. The number of carboxylic acids is 1. The first-order valence-corrected chi connectivity index (χ1v) is 7.34. The Kier molecular flexibility index (Phi) is 3.57. The number of aryl methyl sites for hydroxylation is 1. The van der Waals surface area contributed by atoms with Gasteiger partial charge in [0.2, 0.25) is 0 Å². The largest absolute Gasteiger partial charge is 0.480 e. The third-order valence-electron chi connectivity index (χ3n) is 4.77. The number of nitrogens with zero attached hydrogens (tertiary/aromatic N) is 2. The van der Waals surface area contributed by atoms with E-state index in [1.165, 1.54) is 4.90 Å². The fourth-order valence-electron chi connectivity index (χ4n) is 3.66. The molecule has 2 amide bonds. The SMILES string of the molecule is Cc1[nH]ncc1CNC(=O)N1CC2CCCC2C1C(=O)O. The summed E-state index contributed by atoms with van der Waals surface area (Å²) in [4.78, 5) is 25.3. The number of aromatic amines is 1. The molecule has 2 fully saturated rings. The van der Waals surface area contributed by atoms with Crippen LogP contribution in [0, 0.1) is 18.8 Å². The van der Waals surface area contributed by atoms with Gasteiger partial charge < -0.3 is 15.3 Å². The van der Waals surface area contributed by atoms with Gasteiger partial charge in [0, 0.05) is 24.3 Å². The van der Waals surface area contributed by atoms with Gasteiger partial charge in [-0.25, -0.2) is 9.59 Å². The molecule has 3 N–H and O–H groups in total. The third-order valence-corrected chi connectivity index (χ3v) is 4.77. The number of carbonyl (C=O) groups excluding carboxylic acids is 1. The number of fused-ring (bicyclic) bond motifs is 1. The number of aromatic nitrogens is 2. The molecule has 2 heterocycles. The van der Waals surface area contributed by atoms with Crippen molar-refractivity contribution in [2.45, 2.75) is 38.8 Å². The van der Waals surface area contributed by atoms with Crippen molar-refractivity contribution in [1.82, 2.24) is 20.4 Å². The number of nitrogens with one attached hydrogen (secondary N) is 2. The van der Waals surface area contributed by atoms with Crippen molar-refractivity contribution >= 4 is 12.0 Å². The fourth-order valence-corrected chi connectivity index (χ4v) is 3.66. The molecule has 1 aliphatic carbocycles. The Morgan fingerprint density at radius 1 is 1.52 bits per heavy atom. The molecule has 114 valence electrons. The summed E-state index contributed by atoms with van der Waals surface area (Å²) in [5, 5.41) is 19.0. The van der Waals surface area contributed by atoms with E-state index in [-0.39, 0.29) is 11.9 Å². The minimum absolute atomic E-state index is 0.115. The molecule has 1 saturated carbocycles. The zero-order chi connectivity index (χ0) is 15.0. The van der Waals surface area contributed by atoms with Gasteiger partial charge in [0.15, 0.2) is 0 Å². The number of rotatable bonds is 3. The molecule has 3 atom stereocenters. The number of amides is 2. The number of likely N-dealkylation sites (tertiary alicyclic amines) is 1. The summed E-state index contributed by atoms with van der Waals surface area (Å²) < 4.78 is 0. The van der Waals surface area contributed by atoms with Crippen LogP contribution in [0.4, 0.5) is 4.79 Å². The summed E-state index contributed by atoms with van der Waals surface area (Å²) in [6.07, 6.45) is 4.68. The van der Waals surface area contributed by atoms with E-state index < -0.39 is 12.0 Å². The Balaban J connectivity index is 1.66. The molecule has 1 aromatic heterocycles. The highest BCUT2D eigenvalue weighted by atomic mass is 16.4. The third kappa shape index (κ3) is 2.48. The lowest BCUT2D eigenvalue weighted by Crippen LogP contribution is -2.47. The summed E-state index contributed by atoms with van der Waals surface area (Å²) >= 11 is 0. The lowest BCUT2D eigenvalue weighted by molar-refractivity contribution is -0.142. The maximum absolute atomic E-state index is 12.3. The predicted octanol–water partition coefficient (Wildman–Crippen LogP) is 1.11. The minimum Gasteiger partial charge on any atom is -0.480 e. The van der Waals surface area contributed by atoms with Gasteiger partial charge in [-0.2, -0.15) is 5.10 Å². The molecule has 0 bridgehead atoms. The zero-order valence-corrected chi connectivity index (χ0v) is 12.0. The molecule has 0 radical (unpaired) electrons. The van der Waals surface area contributed by atoms with Gasteiger partial charge in [0.25, 0.3) is 0 Å². The quantitative estimate of drug-likeness (QED) is 0.777. The minimum atomic E-state index is -0.890. The number of urea groups is 1. The molecule has 0 spiro atoms. The normalized spacial score (nSPS) is 27.7. The molecular formula is C14H20N4O3. The molecule has 3 rings (SSSR count). The van der Waals surface area contributed by atoms with Crippen LogP contribution in [0.2, 0.25) is 0 Å². The molecule has 1 aliphatic heterocycles. The van der Waals surface area contributed by atoms with Gasteiger partial charge in [0.05, 0.1) is 6.20 Å². The van der Waals surface area contributed by atoms with Crippen LogP contribution < -0.4 is 5.32 Å². The Morgan fingerprint density at radius 3 is 3.00 bits per heavy atom. The second kappa shape index (κ2) is 5.38. The van der Waals surface area contributed by atoms with Crippen LogP contribution in [0.1, 0.15) is 30.5 Å². The number of hydrogen-bond acceptors (Lipinski definition) is 3. The highest BCUT2D eigenvalue weighted by Gasteiger charge is 2.49. The Labute approximate surface area is 122 Å². The van der Waals surface area contributed by atoms with E-state index in [0.717, 1.165) is 30.5 Å². The second-order valence-electron chi connectivity index (χ2n) is 5.97. The molecule has 1 saturated heterocycles. The van der Waals surface area contributed by atoms with E-state index in [0.29, 0.717) is 19.0 Å². The van der Waals surface area contributed by atoms with Crippen LogP contribution in [0.15, 0.2) is 6.20 Å². The van der Waals surface area contributed by atoms with Crippen LogP contribution in [-0.4, -0.2) is 44.8 Å².